The number of nitrogens with zero attached hydrogens (tertiary/aromatic N) is 1. The third-order valence-electron chi connectivity index (χ3n) is 7.26. The van der Waals surface area contributed by atoms with Crippen LogP contribution in [0.1, 0.15) is 58.3 Å². The summed E-state index contributed by atoms with van der Waals surface area (Å²) in [5.74, 6) is -2.04. The van der Waals surface area contributed by atoms with E-state index in [1.54, 1.807) is 6.07 Å². The van der Waals surface area contributed by atoms with Crippen LogP contribution >= 0.6 is 0 Å². The molecule has 0 unspecified atom stereocenters. The largest absolute Gasteiger partial charge is 0.417 e. The Balaban J connectivity index is 1.45. The molecule has 0 radical (unpaired) electrons. The lowest BCUT2D eigenvalue weighted by molar-refractivity contribution is -0.139. The van der Waals surface area contributed by atoms with Gasteiger partial charge in [0.15, 0.2) is 11.6 Å². The number of allylic oxidation sites excluding steroid dienone is 2. The highest BCUT2D eigenvalue weighted by molar-refractivity contribution is 6.28. The van der Waals surface area contributed by atoms with Gasteiger partial charge in [-0.05, 0) is 61.4 Å². The number of Topliss-reactive ketones (excluding diaryl/α,β-unsaturated/α-hetero) is 2. The summed E-state index contributed by atoms with van der Waals surface area (Å²) in [7, 11) is 0. The van der Waals surface area contributed by atoms with Gasteiger partial charge in [0.25, 0.3) is 0 Å². The minimum atomic E-state index is -4.80. The number of fused-ring (bicyclic) bond motifs is 3. The van der Waals surface area contributed by atoms with E-state index in [4.69, 9.17) is 0 Å². The van der Waals surface area contributed by atoms with E-state index in [-0.39, 0.29) is 29.6 Å². The lowest BCUT2D eigenvalue weighted by atomic mass is 9.84. The van der Waals surface area contributed by atoms with Gasteiger partial charge in [-0.3, -0.25) is 9.59 Å². The van der Waals surface area contributed by atoms with Crippen LogP contribution in [0.3, 0.4) is 0 Å². The number of ketones is 2. The number of anilines is 1. The third kappa shape index (κ3) is 4.15. The van der Waals surface area contributed by atoms with E-state index >= 15 is 0 Å². The van der Waals surface area contributed by atoms with Gasteiger partial charge in [-0.1, -0.05) is 24.3 Å². The fourth-order valence-corrected chi connectivity index (χ4v) is 5.70. The molecule has 3 aliphatic rings. The fraction of sp³-hybridized carbons (Fsp3) is 0.385. The Labute approximate surface area is 197 Å². The van der Waals surface area contributed by atoms with Crippen molar-refractivity contribution in [2.24, 2.45) is 0 Å². The minimum Gasteiger partial charge on any atom is -0.366 e. The Hall–Kier alpha value is -3.10. The standard InChI is InChI=1S/C26H21F6NO2/c27-25(28,29)20-3-1-2-14-5-11-19(24(35)23(14)20)22(34)12-15-4-6-18(13-21(15)26(30,31)32)33-16-7-8-17(33)10-9-16/h1-4,6,11,13,16-17H,5,7-10,12H2. The molecule has 0 amide bonds. The van der Waals surface area contributed by atoms with Gasteiger partial charge in [0.2, 0.25) is 0 Å². The maximum Gasteiger partial charge on any atom is 0.417 e. The summed E-state index contributed by atoms with van der Waals surface area (Å²) in [5, 5.41) is 0. The summed E-state index contributed by atoms with van der Waals surface area (Å²) in [6.07, 6.45) is -5.41. The van der Waals surface area contributed by atoms with Crippen molar-refractivity contribution in [2.45, 2.75) is 63.0 Å². The van der Waals surface area contributed by atoms with E-state index in [1.165, 1.54) is 24.3 Å². The Kier molecular flexibility index (Phi) is 5.56. The topological polar surface area (TPSA) is 37.4 Å². The Morgan fingerprint density at radius 3 is 2.11 bits per heavy atom. The maximum absolute atomic E-state index is 13.9. The second-order valence-electron chi connectivity index (χ2n) is 9.30. The van der Waals surface area contributed by atoms with Crippen molar-refractivity contribution in [3.8, 4) is 0 Å². The van der Waals surface area contributed by atoms with Crippen LogP contribution in [0.5, 0.6) is 0 Å². The predicted molar refractivity (Wildman–Crippen MR) is 116 cm³/mol. The van der Waals surface area contributed by atoms with Crippen molar-refractivity contribution in [1.82, 2.24) is 0 Å². The zero-order chi connectivity index (χ0) is 25.1. The third-order valence-corrected chi connectivity index (χ3v) is 7.26. The Morgan fingerprint density at radius 1 is 0.886 bits per heavy atom. The molecule has 2 saturated heterocycles. The van der Waals surface area contributed by atoms with Gasteiger partial charge in [-0.2, -0.15) is 26.3 Å². The van der Waals surface area contributed by atoms with Crippen LogP contribution in [0.4, 0.5) is 32.0 Å². The number of rotatable bonds is 4. The molecule has 0 N–H and O–H groups in total. The number of carbonyl (C=O) groups excluding carboxylic acids is 2. The van der Waals surface area contributed by atoms with Crippen molar-refractivity contribution >= 4 is 17.3 Å². The van der Waals surface area contributed by atoms with E-state index < -0.39 is 52.6 Å². The van der Waals surface area contributed by atoms with Crippen LogP contribution in [0.2, 0.25) is 0 Å². The zero-order valence-electron chi connectivity index (χ0n) is 18.5. The van der Waals surface area contributed by atoms with Gasteiger partial charge in [0, 0.05) is 29.8 Å². The Bertz CT molecular complexity index is 1220. The van der Waals surface area contributed by atoms with E-state index in [9.17, 15) is 35.9 Å². The van der Waals surface area contributed by atoms with Crippen LogP contribution in [0.25, 0.3) is 0 Å². The molecule has 0 atom stereocenters. The SMILES string of the molecule is O=C(Cc1ccc(N2C3CCC2CC3)cc1C(F)(F)F)C1=CCc2cccc(C(F)(F)F)c2C1=O. The molecular formula is C26H21F6NO2. The van der Waals surface area contributed by atoms with Crippen molar-refractivity contribution < 1.29 is 35.9 Å². The molecular weight excluding hydrogens is 472 g/mol. The fourth-order valence-electron chi connectivity index (χ4n) is 5.70. The molecule has 2 aromatic carbocycles. The molecule has 3 nitrogen and oxygen atoms in total. The first-order chi connectivity index (χ1) is 16.4. The minimum absolute atomic E-state index is 0.0884. The van der Waals surface area contributed by atoms with Gasteiger partial charge >= 0.3 is 12.4 Å². The molecule has 2 aromatic rings. The second-order valence-corrected chi connectivity index (χ2v) is 9.30. The highest BCUT2D eigenvalue weighted by Crippen LogP contribution is 2.43. The number of alkyl halides is 6. The lowest BCUT2D eigenvalue weighted by Gasteiger charge is -2.26. The monoisotopic (exact) mass is 493 g/mol. The molecule has 0 saturated carbocycles. The smallest absolute Gasteiger partial charge is 0.366 e. The van der Waals surface area contributed by atoms with Crippen LogP contribution < -0.4 is 4.90 Å². The van der Waals surface area contributed by atoms with Gasteiger partial charge in [0.05, 0.1) is 16.7 Å². The van der Waals surface area contributed by atoms with Crippen molar-refractivity contribution in [1.29, 1.82) is 0 Å². The van der Waals surface area contributed by atoms with Gasteiger partial charge in [0.1, 0.15) is 0 Å². The van der Waals surface area contributed by atoms with Crippen molar-refractivity contribution in [3.63, 3.8) is 0 Å². The first kappa shape index (κ1) is 23.6. The molecule has 2 bridgehead atoms. The molecule has 2 heterocycles. The highest BCUT2D eigenvalue weighted by Gasteiger charge is 2.42. The van der Waals surface area contributed by atoms with Crippen molar-refractivity contribution in [3.05, 3.63) is 75.9 Å². The summed E-state index contributed by atoms with van der Waals surface area (Å²) in [5.41, 5.74) is -2.96. The molecule has 5 rings (SSSR count). The van der Waals surface area contributed by atoms with E-state index in [0.717, 1.165) is 37.8 Å². The van der Waals surface area contributed by atoms with Crippen LogP contribution in [0, 0.1) is 0 Å². The maximum atomic E-state index is 13.9. The molecule has 1 aliphatic carbocycles. The number of hydrogen-bond donors (Lipinski definition) is 0. The summed E-state index contributed by atoms with van der Waals surface area (Å²) < 4.78 is 82.2. The van der Waals surface area contributed by atoms with Crippen LogP contribution in [-0.4, -0.2) is 23.7 Å². The van der Waals surface area contributed by atoms with Gasteiger partial charge in [-0.15, -0.1) is 0 Å². The molecule has 2 aliphatic heterocycles. The van der Waals surface area contributed by atoms with Crippen molar-refractivity contribution in [2.75, 3.05) is 4.90 Å². The molecule has 9 heteroatoms. The summed E-state index contributed by atoms with van der Waals surface area (Å²) in [6.45, 7) is 0. The first-order valence-electron chi connectivity index (χ1n) is 11.4. The molecule has 35 heavy (non-hydrogen) atoms. The number of hydrogen-bond acceptors (Lipinski definition) is 3. The Morgan fingerprint density at radius 2 is 1.51 bits per heavy atom. The normalized spacial score (nSPS) is 21.8. The highest BCUT2D eigenvalue weighted by atomic mass is 19.4. The molecule has 0 aromatic heterocycles. The number of carbonyl (C=O) groups is 2. The molecule has 184 valence electrons. The van der Waals surface area contributed by atoms with Crippen LogP contribution in [0.15, 0.2) is 48.0 Å². The number of benzene rings is 2. The zero-order valence-corrected chi connectivity index (χ0v) is 18.5. The summed E-state index contributed by atoms with van der Waals surface area (Å²) >= 11 is 0. The second kappa shape index (κ2) is 8.24. The average Bonchev–Trinajstić information content (AvgIpc) is 3.38. The lowest BCUT2D eigenvalue weighted by Crippen LogP contribution is -2.28. The summed E-state index contributed by atoms with van der Waals surface area (Å²) in [4.78, 5) is 27.8. The van der Waals surface area contributed by atoms with E-state index in [1.807, 2.05) is 4.90 Å². The first-order valence-corrected chi connectivity index (χ1v) is 11.4. The van der Waals surface area contributed by atoms with E-state index in [0.29, 0.717) is 5.69 Å². The van der Waals surface area contributed by atoms with Gasteiger partial charge in [-0.25, -0.2) is 0 Å². The van der Waals surface area contributed by atoms with E-state index in [2.05, 4.69) is 0 Å². The summed E-state index contributed by atoms with van der Waals surface area (Å²) in [6, 6.07) is 7.58. The predicted octanol–water partition coefficient (Wildman–Crippen LogP) is 6.33. The molecule has 2 fully saturated rings. The average molecular weight is 493 g/mol. The molecule has 0 spiro atoms. The quantitative estimate of drug-likeness (QED) is 0.369. The van der Waals surface area contributed by atoms with Crippen LogP contribution in [-0.2, 0) is 30.0 Å². The number of halogens is 6. The van der Waals surface area contributed by atoms with Gasteiger partial charge < -0.3 is 4.90 Å².